The zero-order chi connectivity index (χ0) is 26.7. The van der Waals surface area contributed by atoms with E-state index in [1.165, 1.54) is 0 Å². The summed E-state index contributed by atoms with van der Waals surface area (Å²) in [6.45, 7) is 6.28. The topological polar surface area (TPSA) is 146 Å². The van der Waals surface area contributed by atoms with Gasteiger partial charge in [0, 0.05) is 24.7 Å². The summed E-state index contributed by atoms with van der Waals surface area (Å²) in [5.74, 6) is 0.480. The van der Waals surface area contributed by atoms with E-state index in [1.54, 1.807) is 16.9 Å². The van der Waals surface area contributed by atoms with Crippen LogP contribution in [0.2, 0.25) is 0 Å². The summed E-state index contributed by atoms with van der Waals surface area (Å²) in [5, 5.41) is 21.1. The predicted molar refractivity (Wildman–Crippen MR) is 137 cm³/mol. The number of anilines is 1. The highest BCUT2D eigenvalue weighted by atomic mass is 16.5. The number of nitrogens with one attached hydrogen (secondary N) is 1. The molecule has 0 unspecified atom stereocenters. The van der Waals surface area contributed by atoms with Crippen molar-refractivity contribution in [3.8, 4) is 23.0 Å². The zero-order valence-electron chi connectivity index (χ0n) is 21.9. The molecule has 3 aromatic heterocycles. The number of carbonyl (C=O) groups is 1. The van der Waals surface area contributed by atoms with Crippen LogP contribution in [0.25, 0.3) is 11.4 Å². The molecule has 12 nitrogen and oxygen atoms in total. The third-order valence-electron chi connectivity index (χ3n) is 7.01. The van der Waals surface area contributed by atoms with Gasteiger partial charge in [-0.2, -0.15) is 4.98 Å². The van der Waals surface area contributed by atoms with E-state index in [9.17, 15) is 9.90 Å². The van der Waals surface area contributed by atoms with E-state index in [4.69, 9.17) is 19.2 Å². The van der Waals surface area contributed by atoms with Crippen LogP contribution in [-0.2, 0) is 23.1 Å². The number of aryl methyl sites for hydroxylation is 2. The Kier molecular flexibility index (Phi) is 7.41. The molecule has 2 atom stereocenters. The van der Waals surface area contributed by atoms with E-state index in [-0.39, 0.29) is 17.4 Å². The van der Waals surface area contributed by atoms with Gasteiger partial charge < -0.3 is 24.6 Å². The fourth-order valence-electron chi connectivity index (χ4n) is 4.69. The molecule has 1 saturated heterocycles. The Labute approximate surface area is 220 Å². The molecular formula is C26H33N7O5. The molecule has 1 saturated carbocycles. The Hall–Kier alpha value is -3.80. The standard InChI is InChI=1S/C26H33N7O5/c1-16-21(38-18-6-4-5-17(11-18)24(34)35)8-7-19(29-16)23-20(33(3)32-31-23)12-28-25-27-10-9-22(30-25)37-15-26(2)13-36-14-26/h7-10,17-18H,4-6,11-15H2,1-3H3,(H,34,35)(H,27,28,30)/t17-,18-/m0/s1. The van der Waals surface area contributed by atoms with Crippen LogP contribution in [0, 0.1) is 18.3 Å². The number of carboxylic acids is 1. The van der Waals surface area contributed by atoms with Crippen LogP contribution in [0.15, 0.2) is 24.4 Å². The number of ether oxygens (including phenoxy) is 3. The van der Waals surface area contributed by atoms with Crippen molar-refractivity contribution in [3.05, 3.63) is 35.8 Å². The summed E-state index contributed by atoms with van der Waals surface area (Å²) >= 11 is 0. The van der Waals surface area contributed by atoms with Crippen LogP contribution < -0.4 is 14.8 Å². The van der Waals surface area contributed by atoms with Crippen molar-refractivity contribution in [1.29, 1.82) is 0 Å². The summed E-state index contributed by atoms with van der Waals surface area (Å²) < 4.78 is 19.0. The van der Waals surface area contributed by atoms with Crippen LogP contribution in [0.1, 0.15) is 44.0 Å². The van der Waals surface area contributed by atoms with Gasteiger partial charge in [-0.25, -0.2) is 14.6 Å². The number of rotatable bonds is 10. The van der Waals surface area contributed by atoms with Crippen molar-refractivity contribution in [2.75, 3.05) is 25.1 Å². The highest BCUT2D eigenvalue weighted by Crippen LogP contribution is 2.31. The predicted octanol–water partition coefficient (Wildman–Crippen LogP) is 3.03. The summed E-state index contributed by atoms with van der Waals surface area (Å²) in [6.07, 6.45) is 4.42. The molecule has 0 spiro atoms. The molecule has 4 heterocycles. The summed E-state index contributed by atoms with van der Waals surface area (Å²) in [5.41, 5.74) is 2.86. The van der Waals surface area contributed by atoms with Crippen LogP contribution >= 0.6 is 0 Å². The Bertz CT molecular complexity index is 1290. The van der Waals surface area contributed by atoms with E-state index in [0.29, 0.717) is 73.9 Å². The number of aliphatic carboxylic acids is 1. The Morgan fingerprint density at radius 1 is 1.26 bits per heavy atom. The number of pyridine rings is 1. The molecule has 202 valence electrons. The monoisotopic (exact) mass is 523 g/mol. The largest absolute Gasteiger partial charge is 0.489 e. The van der Waals surface area contributed by atoms with E-state index in [2.05, 4.69) is 32.5 Å². The van der Waals surface area contributed by atoms with Crippen molar-refractivity contribution < 1.29 is 24.1 Å². The summed E-state index contributed by atoms with van der Waals surface area (Å²) in [6, 6.07) is 5.45. The van der Waals surface area contributed by atoms with Crippen LogP contribution in [-0.4, -0.2) is 66.9 Å². The minimum absolute atomic E-state index is 0.0246. The maximum Gasteiger partial charge on any atom is 0.306 e. The third-order valence-corrected chi connectivity index (χ3v) is 7.01. The molecule has 1 aliphatic carbocycles. The fourth-order valence-corrected chi connectivity index (χ4v) is 4.69. The van der Waals surface area contributed by atoms with Crippen LogP contribution in [0.3, 0.4) is 0 Å². The van der Waals surface area contributed by atoms with Gasteiger partial charge in [-0.1, -0.05) is 12.1 Å². The maximum absolute atomic E-state index is 11.4. The van der Waals surface area contributed by atoms with Crippen molar-refractivity contribution in [1.82, 2.24) is 29.9 Å². The maximum atomic E-state index is 11.4. The van der Waals surface area contributed by atoms with Gasteiger partial charge in [0.05, 0.1) is 55.5 Å². The lowest BCUT2D eigenvalue weighted by Crippen LogP contribution is -2.44. The van der Waals surface area contributed by atoms with Gasteiger partial charge in [0.15, 0.2) is 0 Å². The SMILES string of the molecule is Cc1nc(-c2nnn(C)c2CNc2nccc(OCC3(C)COC3)n2)ccc1O[C@H]1CCC[C@H](C(=O)O)C1. The second-order valence-electron chi connectivity index (χ2n) is 10.4. The van der Waals surface area contributed by atoms with Crippen LogP contribution in [0.5, 0.6) is 11.6 Å². The smallest absolute Gasteiger partial charge is 0.306 e. The quantitative estimate of drug-likeness (QED) is 0.404. The fraction of sp³-hybridized carbons (Fsp3) is 0.538. The number of hydrogen-bond donors (Lipinski definition) is 2. The third kappa shape index (κ3) is 5.85. The lowest BCUT2D eigenvalue weighted by atomic mass is 9.87. The van der Waals surface area contributed by atoms with Gasteiger partial charge in [-0.3, -0.25) is 4.79 Å². The Morgan fingerprint density at radius 2 is 2.11 bits per heavy atom. The molecule has 3 aromatic rings. The first kappa shape index (κ1) is 25.8. The van der Waals surface area contributed by atoms with Crippen molar-refractivity contribution in [2.45, 2.75) is 52.2 Å². The second kappa shape index (κ2) is 10.9. The average molecular weight is 524 g/mol. The molecule has 1 aliphatic heterocycles. The molecule has 38 heavy (non-hydrogen) atoms. The molecule has 0 radical (unpaired) electrons. The van der Waals surface area contributed by atoms with Crippen molar-refractivity contribution in [3.63, 3.8) is 0 Å². The molecule has 2 fully saturated rings. The number of carboxylic acid groups (broad SMARTS) is 1. The molecule has 0 amide bonds. The molecule has 12 heteroatoms. The molecule has 0 bridgehead atoms. The van der Waals surface area contributed by atoms with Gasteiger partial charge in [0.1, 0.15) is 11.4 Å². The van der Waals surface area contributed by atoms with Gasteiger partial charge in [-0.15, -0.1) is 5.10 Å². The lowest BCUT2D eigenvalue weighted by Gasteiger charge is -2.37. The first-order chi connectivity index (χ1) is 18.3. The number of nitrogens with zero attached hydrogens (tertiary/aromatic N) is 6. The first-order valence-corrected chi connectivity index (χ1v) is 12.8. The molecule has 0 aromatic carbocycles. The van der Waals surface area contributed by atoms with Crippen molar-refractivity contribution in [2.24, 2.45) is 18.4 Å². The summed E-state index contributed by atoms with van der Waals surface area (Å²) in [4.78, 5) is 24.9. The molecule has 2 N–H and O–H groups in total. The highest BCUT2D eigenvalue weighted by Gasteiger charge is 2.34. The zero-order valence-corrected chi connectivity index (χ0v) is 21.9. The lowest BCUT2D eigenvalue weighted by molar-refractivity contribution is -0.143. The molecular weight excluding hydrogens is 490 g/mol. The number of aromatic nitrogens is 6. The van der Waals surface area contributed by atoms with Gasteiger partial charge >= 0.3 is 5.97 Å². The average Bonchev–Trinajstić information content (AvgIpc) is 3.26. The Balaban J connectivity index is 1.24. The highest BCUT2D eigenvalue weighted by molar-refractivity contribution is 5.70. The van der Waals surface area contributed by atoms with E-state index in [1.807, 2.05) is 26.1 Å². The van der Waals surface area contributed by atoms with Crippen LogP contribution in [0.4, 0.5) is 5.95 Å². The van der Waals surface area contributed by atoms with Gasteiger partial charge in [-0.05, 0) is 44.7 Å². The number of hydrogen-bond acceptors (Lipinski definition) is 10. The van der Waals surface area contributed by atoms with E-state index < -0.39 is 5.97 Å². The minimum Gasteiger partial charge on any atom is -0.489 e. The molecule has 5 rings (SSSR count). The minimum atomic E-state index is -0.755. The Morgan fingerprint density at radius 3 is 2.84 bits per heavy atom. The first-order valence-electron chi connectivity index (χ1n) is 12.8. The molecule has 2 aliphatic rings. The normalized spacial score (nSPS) is 20.4. The van der Waals surface area contributed by atoms with Gasteiger partial charge in [0.2, 0.25) is 11.8 Å². The second-order valence-corrected chi connectivity index (χ2v) is 10.4. The van der Waals surface area contributed by atoms with E-state index >= 15 is 0 Å². The van der Waals surface area contributed by atoms with Crippen molar-refractivity contribution >= 4 is 11.9 Å². The summed E-state index contributed by atoms with van der Waals surface area (Å²) in [7, 11) is 1.82. The van der Waals surface area contributed by atoms with Gasteiger partial charge in [0.25, 0.3) is 0 Å². The van der Waals surface area contributed by atoms with E-state index in [0.717, 1.165) is 18.5 Å².